The van der Waals surface area contributed by atoms with Gasteiger partial charge in [0.05, 0.1) is 30.0 Å². The number of ether oxygens (including phenoxy) is 4. The van der Waals surface area contributed by atoms with Crippen molar-refractivity contribution < 1.29 is 64.6 Å². The first-order valence-electron chi connectivity index (χ1n) is 20.3. The van der Waals surface area contributed by atoms with Crippen molar-refractivity contribution in [2.24, 2.45) is 39.4 Å². The number of hydrogen-bond donors (Lipinski definition) is 8. The van der Waals surface area contributed by atoms with Gasteiger partial charge in [-0.15, -0.1) is 0 Å². The molecule has 5 fully saturated rings. The van der Waals surface area contributed by atoms with Gasteiger partial charge in [-0.3, -0.25) is 4.79 Å². The molecule has 18 atom stereocenters. The molecule has 4 aliphatic carbocycles. The first-order valence-corrected chi connectivity index (χ1v) is 20.3. The minimum Gasteiger partial charge on any atom is -0.394 e. The van der Waals surface area contributed by atoms with Crippen LogP contribution in [0.2, 0.25) is 0 Å². The van der Waals surface area contributed by atoms with Crippen molar-refractivity contribution in [1.29, 1.82) is 0 Å². The summed E-state index contributed by atoms with van der Waals surface area (Å²) in [6, 6.07) is 0. The van der Waals surface area contributed by atoms with Gasteiger partial charge in [0.2, 0.25) is 0 Å². The van der Waals surface area contributed by atoms with Crippen molar-refractivity contribution >= 4 is 5.78 Å². The number of allylic oxidation sites excluding steroid dienone is 1. The first-order chi connectivity index (χ1) is 25.3. The highest BCUT2D eigenvalue weighted by Gasteiger charge is 2.71. The Balaban J connectivity index is 1.25. The summed E-state index contributed by atoms with van der Waals surface area (Å²) < 4.78 is 24.3. The van der Waals surface area contributed by atoms with E-state index in [2.05, 4.69) is 40.7 Å². The van der Waals surface area contributed by atoms with Crippen LogP contribution >= 0.6 is 0 Å². The summed E-state index contributed by atoms with van der Waals surface area (Å²) in [5.41, 5.74) is -2.83. The Hall–Kier alpha value is -1.33. The van der Waals surface area contributed by atoms with Gasteiger partial charge < -0.3 is 59.8 Å². The number of aliphatic hydroxyl groups excluding tert-OH is 6. The maximum atomic E-state index is 14.8. The quantitative estimate of drug-likeness (QED) is 0.158. The number of ketones is 1. The maximum absolute atomic E-state index is 14.8. The molecule has 55 heavy (non-hydrogen) atoms. The van der Waals surface area contributed by atoms with Crippen LogP contribution in [0.4, 0.5) is 0 Å². The molecule has 2 aliphatic heterocycles. The fourth-order valence-corrected chi connectivity index (χ4v) is 12.1. The molecule has 2 saturated heterocycles. The molecule has 0 aromatic carbocycles. The molecule has 0 spiro atoms. The molecule has 0 amide bonds. The largest absolute Gasteiger partial charge is 0.394 e. The monoisotopic (exact) mass is 780 g/mol. The van der Waals surface area contributed by atoms with E-state index < -0.39 is 102 Å². The smallest absolute Gasteiger partial charge is 0.187 e. The number of hydrogen-bond acceptors (Lipinski definition) is 13. The Kier molecular flexibility index (Phi) is 11.6. The van der Waals surface area contributed by atoms with Crippen LogP contribution < -0.4 is 0 Å². The van der Waals surface area contributed by atoms with Crippen LogP contribution in [0.5, 0.6) is 0 Å². The van der Waals surface area contributed by atoms with Crippen LogP contribution in [0.3, 0.4) is 0 Å². The van der Waals surface area contributed by atoms with E-state index in [1.54, 1.807) is 19.9 Å². The highest BCUT2D eigenvalue weighted by molar-refractivity contribution is 5.88. The topological polar surface area (TPSA) is 216 Å². The molecule has 13 nitrogen and oxygen atoms in total. The molecule has 314 valence electrons. The van der Waals surface area contributed by atoms with Gasteiger partial charge in [-0.05, 0) is 94.8 Å². The summed E-state index contributed by atoms with van der Waals surface area (Å²) in [4.78, 5) is 14.8. The Bertz CT molecular complexity index is 1490. The maximum Gasteiger partial charge on any atom is 0.187 e. The zero-order valence-corrected chi connectivity index (χ0v) is 34.1. The van der Waals surface area contributed by atoms with E-state index in [0.29, 0.717) is 32.1 Å². The second-order valence-corrected chi connectivity index (χ2v) is 19.8. The van der Waals surface area contributed by atoms with Gasteiger partial charge in [-0.25, -0.2) is 0 Å². The van der Waals surface area contributed by atoms with Crippen LogP contribution in [0.15, 0.2) is 23.8 Å². The van der Waals surface area contributed by atoms with Crippen molar-refractivity contribution in [1.82, 2.24) is 0 Å². The summed E-state index contributed by atoms with van der Waals surface area (Å²) in [6.45, 7) is 17.0. The molecule has 8 N–H and O–H groups in total. The summed E-state index contributed by atoms with van der Waals surface area (Å²) in [7, 11) is 0. The minimum absolute atomic E-state index is 0.0543. The molecular weight excluding hydrogens is 712 g/mol. The minimum atomic E-state index is -1.67. The van der Waals surface area contributed by atoms with E-state index in [1.165, 1.54) is 6.92 Å². The summed E-state index contributed by atoms with van der Waals surface area (Å²) in [6.07, 6.45) is -4.45. The lowest BCUT2D eigenvalue weighted by molar-refractivity contribution is -0.372. The van der Waals surface area contributed by atoms with E-state index in [4.69, 9.17) is 18.9 Å². The van der Waals surface area contributed by atoms with E-state index >= 15 is 0 Å². The fraction of sp³-hybridized carbons (Fsp3) is 0.881. The van der Waals surface area contributed by atoms with Gasteiger partial charge in [-0.1, -0.05) is 58.4 Å². The van der Waals surface area contributed by atoms with E-state index in [-0.39, 0.29) is 29.0 Å². The highest BCUT2D eigenvalue weighted by atomic mass is 16.8. The number of Topliss-reactive ketones (excluding diaryl/α,β-unsaturated/α-hetero) is 1. The summed E-state index contributed by atoms with van der Waals surface area (Å²) in [5, 5.41) is 85.5. The van der Waals surface area contributed by atoms with E-state index in [0.717, 1.165) is 18.4 Å². The number of rotatable bonds is 9. The van der Waals surface area contributed by atoms with Crippen LogP contribution in [0.25, 0.3) is 0 Å². The SMILES string of the molecule is C[C@@H]1O[C@@H](O[C@H]2[C@H](OC3CCC4C(=CCC5C4(C)C(=O)CC4(C)C(C(C)(O)C/C=C/C(C)(C)O)CCC54C)C3(C)C)O[C@H](CO)[C@@H](O)[C@@H]2O)[C@H](O)[C@H](O)[C@H]1O. The molecule has 8 unspecified atom stereocenters. The molecule has 0 aromatic rings. The van der Waals surface area contributed by atoms with Gasteiger partial charge in [0, 0.05) is 17.3 Å². The Morgan fingerprint density at radius 3 is 2.16 bits per heavy atom. The number of carbonyl (C=O) groups is 1. The molecule has 13 heteroatoms. The zero-order chi connectivity index (χ0) is 40.8. The van der Waals surface area contributed by atoms with Crippen LogP contribution in [-0.4, -0.2) is 132 Å². The fourth-order valence-electron chi connectivity index (χ4n) is 12.1. The van der Waals surface area contributed by atoms with Gasteiger partial charge in [0.15, 0.2) is 12.6 Å². The van der Waals surface area contributed by atoms with Crippen LogP contribution in [-0.2, 0) is 23.7 Å². The van der Waals surface area contributed by atoms with Crippen LogP contribution in [0, 0.1) is 39.4 Å². The lowest BCUT2D eigenvalue weighted by Gasteiger charge is -2.65. The highest BCUT2D eigenvalue weighted by Crippen LogP contribution is 2.74. The third-order valence-corrected chi connectivity index (χ3v) is 15.6. The summed E-state index contributed by atoms with van der Waals surface area (Å²) in [5.74, 6) is 0.120. The molecule has 2 heterocycles. The van der Waals surface area contributed by atoms with Crippen molar-refractivity contribution in [3.63, 3.8) is 0 Å². The predicted octanol–water partition coefficient (Wildman–Crippen LogP) is 2.28. The first kappa shape index (κ1) is 43.3. The molecular formula is C42H68O13. The van der Waals surface area contributed by atoms with Crippen LogP contribution in [0.1, 0.15) is 107 Å². The van der Waals surface area contributed by atoms with Gasteiger partial charge in [-0.2, -0.15) is 0 Å². The Morgan fingerprint density at radius 2 is 1.53 bits per heavy atom. The number of carbonyl (C=O) groups excluding carboxylic acids is 1. The second kappa shape index (κ2) is 14.7. The standard InChI is InChI=1S/C42H68O13/c1-21-29(45)31(47)33(49)35(52-21)55-34-32(48)30(46)24(20-43)53-36(34)54-28-14-12-23-22(38(28,4)5)11-13-26-39(6)18-15-25(40(39,7)19-27(44)42(23,26)9)41(8,51)17-10-16-37(2,3)50/h10-11,16,21,23-26,28-36,43,45-51H,12-15,17-20H2,1-9H3/b16-10+/t21-,23?,24+,25?,26?,28?,29-,30+,31+,32-,33+,34+,35-,36-,39?,40?,41?,42?/m0/s1. The molecule has 0 bridgehead atoms. The third-order valence-electron chi connectivity index (χ3n) is 15.6. The lowest BCUT2D eigenvalue weighted by Crippen LogP contribution is -2.65. The van der Waals surface area contributed by atoms with Gasteiger partial charge >= 0.3 is 0 Å². The van der Waals surface area contributed by atoms with Crippen molar-refractivity contribution in [2.75, 3.05) is 6.61 Å². The molecule has 0 radical (unpaired) electrons. The average molecular weight is 781 g/mol. The predicted molar refractivity (Wildman–Crippen MR) is 200 cm³/mol. The van der Waals surface area contributed by atoms with Gasteiger partial charge in [0.1, 0.15) is 48.5 Å². The second-order valence-electron chi connectivity index (χ2n) is 19.8. The normalized spacial score (nSPS) is 49.8. The Morgan fingerprint density at radius 1 is 0.855 bits per heavy atom. The molecule has 6 rings (SSSR count). The number of aliphatic hydroxyl groups is 8. The Labute approximate surface area is 325 Å². The molecule has 6 aliphatic rings. The third kappa shape index (κ3) is 7.03. The summed E-state index contributed by atoms with van der Waals surface area (Å²) >= 11 is 0. The van der Waals surface area contributed by atoms with Crippen molar-refractivity contribution in [3.05, 3.63) is 23.8 Å². The number of fused-ring (bicyclic) bond motifs is 5. The van der Waals surface area contributed by atoms with Crippen molar-refractivity contribution in [3.8, 4) is 0 Å². The van der Waals surface area contributed by atoms with Crippen molar-refractivity contribution in [2.45, 2.75) is 186 Å². The lowest BCUT2D eigenvalue weighted by atomic mass is 9.38. The average Bonchev–Trinajstić information content (AvgIpc) is 3.37. The van der Waals surface area contributed by atoms with Gasteiger partial charge in [0.25, 0.3) is 0 Å². The molecule has 0 aromatic heterocycles. The zero-order valence-electron chi connectivity index (χ0n) is 34.1. The van der Waals surface area contributed by atoms with E-state index in [1.807, 2.05) is 13.0 Å². The molecule has 3 saturated carbocycles. The van der Waals surface area contributed by atoms with E-state index in [9.17, 15) is 45.6 Å².